The number of hydrazone groups is 1. The number of hydrogen-bond donors (Lipinski definition) is 1. The van der Waals surface area contributed by atoms with Crippen LogP contribution in [-0.4, -0.2) is 26.2 Å². The monoisotopic (exact) mass is 474 g/mol. The second kappa shape index (κ2) is 11.7. The number of rotatable bonds is 10. The predicted octanol–water partition coefficient (Wildman–Crippen LogP) is 5.85. The van der Waals surface area contributed by atoms with Crippen molar-refractivity contribution >= 4 is 34.0 Å². The molecule has 0 amide bonds. The van der Waals surface area contributed by atoms with Crippen LogP contribution >= 0.6 is 11.3 Å². The number of nitrogens with zero attached hydrogens (tertiary/aromatic N) is 3. The second-order valence-electron chi connectivity index (χ2n) is 7.18. The summed E-state index contributed by atoms with van der Waals surface area (Å²) in [4.78, 5) is 13.5. The van der Waals surface area contributed by atoms with E-state index in [9.17, 15) is 10.1 Å². The van der Waals surface area contributed by atoms with Gasteiger partial charge in [0.2, 0.25) is 0 Å². The molecule has 2 aromatic carbocycles. The van der Waals surface area contributed by atoms with Crippen molar-refractivity contribution in [3.63, 3.8) is 0 Å². The average molecular weight is 475 g/mol. The van der Waals surface area contributed by atoms with Crippen LogP contribution in [0.25, 0.3) is 0 Å². The molecular weight excluding hydrogens is 448 g/mol. The van der Waals surface area contributed by atoms with Crippen molar-refractivity contribution in [1.82, 2.24) is 0 Å². The molecule has 1 N–H and O–H groups in total. The average Bonchev–Trinajstić information content (AvgIpc) is 3.29. The molecule has 3 rings (SSSR count). The van der Waals surface area contributed by atoms with Crippen molar-refractivity contribution in [2.75, 3.05) is 24.5 Å². The normalized spacial score (nSPS) is 11.2. The van der Waals surface area contributed by atoms with Crippen LogP contribution in [0.2, 0.25) is 0 Å². The molecule has 0 aliphatic rings. The van der Waals surface area contributed by atoms with Gasteiger partial charge in [-0.25, -0.2) is 5.01 Å². The minimum absolute atomic E-state index is 0.189. The molecule has 0 spiro atoms. The number of ketones is 1. The van der Waals surface area contributed by atoms with Crippen LogP contribution in [0.5, 0.6) is 11.5 Å². The number of allylic oxidation sites excluding steroid dienone is 2. The highest BCUT2D eigenvalue weighted by molar-refractivity contribution is 7.18. The maximum absolute atomic E-state index is 13.0. The predicted molar refractivity (Wildman–Crippen MR) is 137 cm³/mol. The first-order valence-corrected chi connectivity index (χ1v) is 11.4. The van der Waals surface area contributed by atoms with Gasteiger partial charge in [0.05, 0.1) is 30.3 Å². The number of carbonyl (C=O) groups excluding carboxylic acids is 1. The molecular formula is C26H26N4O3S. The fourth-order valence-electron chi connectivity index (χ4n) is 3.27. The smallest absolute Gasteiger partial charge is 0.197 e. The lowest BCUT2D eigenvalue weighted by molar-refractivity contribution is 0.104. The third-order valence-corrected chi connectivity index (χ3v) is 6.01. The summed E-state index contributed by atoms with van der Waals surface area (Å²) < 4.78 is 10.6. The van der Waals surface area contributed by atoms with E-state index in [2.05, 4.69) is 16.5 Å². The fourth-order valence-corrected chi connectivity index (χ4v) is 4.18. The number of nitriles is 1. The molecule has 8 heteroatoms. The molecule has 0 unspecified atom stereocenters. The van der Waals surface area contributed by atoms with E-state index < -0.39 is 0 Å². The number of ether oxygens (including phenoxy) is 2. The fraction of sp³-hybridized carbons (Fsp3) is 0.192. The van der Waals surface area contributed by atoms with Gasteiger partial charge in [-0.2, -0.15) is 10.4 Å². The molecule has 3 aromatic rings. The Morgan fingerprint density at radius 3 is 2.53 bits per heavy atom. The Balaban J connectivity index is 1.79. The van der Waals surface area contributed by atoms with Crippen molar-refractivity contribution in [3.8, 4) is 17.6 Å². The highest BCUT2D eigenvalue weighted by atomic mass is 32.1. The van der Waals surface area contributed by atoms with Gasteiger partial charge in [0, 0.05) is 24.5 Å². The van der Waals surface area contributed by atoms with Gasteiger partial charge >= 0.3 is 0 Å². The van der Waals surface area contributed by atoms with Gasteiger partial charge in [0.15, 0.2) is 17.3 Å². The Hall–Kier alpha value is -4.09. The Morgan fingerprint density at radius 2 is 1.88 bits per heavy atom. The third kappa shape index (κ3) is 5.82. The molecule has 0 fully saturated rings. The summed E-state index contributed by atoms with van der Waals surface area (Å²) in [5, 5.41) is 19.6. The summed E-state index contributed by atoms with van der Waals surface area (Å²) in [7, 11) is 3.17. The van der Waals surface area contributed by atoms with E-state index in [0.717, 1.165) is 11.3 Å². The molecule has 0 saturated heterocycles. The van der Waals surface area contributed by atoms with E-state index in [1.165, 1.54) is 17.4 Å². The molecule has 0 radical (unpaired) electrons. The Bertz CT molecular complexity index is 1240. The lowest BCUT2D eigenvalue weighted by Gasteiger charge is -2.19. The van der Waals surface area contributed by atoms with Gasteiger partial charge < -0.3 is 14.8 Å². The molecule has 0 aliphatic carbocycles. The summed E-state index contributed by atoms with van der Waals surface area (Å²) in [5.41, 5.74) is 2.89. The second-order valence-corrected chi connectivity index (χ2v) is 8.23. The van der Waals surface area contributed by atoms with Gasteiger partial charge in [-0.3, -0.25) is 4.79 Å². The summed E-state index contributed by atoms with van der Waals surface area (Å²) in [6.07, 6.45) is 3.20. The number of para-hydroxylation sites is 1. The quantitative estimate of drug-likeness (QED) is 0.172. The molecule has 0 bridgehead atoms. The maximum Gasteiger partial charge on any atom is 0.197 e. The number of nitrogens with one attached hydrogen (secondary N) is 1. The van der Waals surface area contributed by atoms with E-state index in [1.54, 1.807) is 31.5 Å². The standard InChI is InChI=1S/C26H26N4O3S/c1-5-29-30(21-9-7-6-8-10-21)18(2)13-22(31)25-15-20(16-27)26(34-25)28-17-19-11-12-23(32-3)24(14-19)33-4/h5-15,28H,17H2,1-4H3/b18-13+,29-5-. The number of benzene rings is 2. The highest BCUT2D eigenvalue weighted by Crippen LogP contribution is 2.31. The highest BCUT2D eigenvalue weighted by Gasteiger charge is 2.16. The summed E-state index contributed by atoms with van der Waals surface area (Å²) in [5.74, 6) is 1.08. The van der Waals surface area contributed by atoms with E-state index >= 15 is 0 Å². The summed E-state index contributed by atoms with van der Waals surface area (Å²) in [6.45, 7) is 4.11. The lowest BCUT2D eigenvalue weighted by Crippen LogP contribution is -2.14. The minimum Gasteiger partial charge on any atom is -0.493 e. The topological polar surface area (TPSA) is 87.0 Å². The van der Waals surface area contributed by atoms with Crippen LogP contribution in [0.4, 0.5) is 10.7 Å². The maximum atomic E-state index is 13.0. The number of methoxy groups -OCH3 is 2. The van der Waals surface area contributed by atoms with E-state index in [0.29, 0.717) is 39.2 Å². The van der Waals surface area contributed by atoms with Crippen LogP contribution in [-0.2, 0) is 6.54 Å². The minimum atomic E-state index is -0.189. The molecule has 174 valence electrons. The van der Waals surface area contributed by atoms with Gasteiger partial charge in [-0.1, -0.05) is 24.3 Å². The van der Waals surface area contributed by atoms with Crippen LogP contribution in [0.1, 0.15) is 34.6 Å². The van der Waals surface area contributed by atoms with E-state index in [1.807, 2.05) is 62.4 Å². The first kappa shape index (κ1) is 24.6. The van der Waals surface area contributed by atoms with E-state index in [-0.39, 0.29) is 5.78 Å². The van der Waals surface area contributed by atoms with Crippen molar-refractivity contribution < 1.29 is 14.3 Å². The van der Waals surface area contributed by atoms with Crippen molar-refractivity contribution in [3.05, 3.63) is 82.4 Å². The number of anilines is 2. The molecule has 0 aliphatic heterocycles. The Kier molecular flexibility index (Phi) is 8.43. The SMILES string of the molecule is C/C=N\N(/C(C)=C/C(=O)c1cc(C#N)c(NCc2ccc(OC)c(OC)c2)s1)c1ccccc1. The van der Waals surface area contributed by atoms with Crippen LogP contribution in [0, 0.1) is 11.3 Å². The molecule has 34 heavy (non-hydrogen) atoms. The van der Waals surface area contributed by atoms with Crippen LogP contribution < -0.4 is 19.8 Å². The van der Waals surface area contributed by atoms with Gasteiger partial charge in [-0.05, 0) is 49.7 Å². The number of hydrogen-bond acceptors (Lipinski definition) is 8. The van der Waals surface area contributed by atoms with Gasteiger partial charge in [0.25, 0.3) is 0 Å². The van der Waals surface area contributed by atoms with Crippen molar-refractivity contribution in [2.24, 2.45) is 5.10 Å². The first-order chi connectivity index (χ1) is 16.5. The summed E-state index contributed by atoms with van der Waals surface area (Å²) in [6, 6.07) is 19.0. The zero-order valence-corrected chi connectivity index (χ0v) is 20.3. The Labute approximate surface area is 203 Å². The zero-order chi connectivity index (χ0) is 24.5. The van der Waals surface area contributed by atoms with Crippen molar-refractivity contribution in [1.29, 1.82) is 5.26 Å². The first-order valence-electron chi connectivity index (χ1n) is 10.6. The largest absolute Gasteiger partial charge is 0.493 e. The lowest BCUT2D eigenvalue weighted by atomic mass is 10.2. The number of carbonyl (C=O) groups is 1. The zero-order valence-electron chi connectivity index (χ0n) is 19.5. The van der Waals surface area contributed by atoms with Crippen LogP contribution in [0.3, 0.4) is 0 Å². The van der Waals surface area contributed by atoms with E-state index in [4.69, 9.17) is 9.47 Å². The van der Waals surface area contributed by atoms with Crippen molar-refractivity contribution in [2.45, 2.75) is 20.4 Å². The Morgan fingerprint density at radius 1 is 1.15 bits per heavy atom. The van der Waals surface area contributed by atoms with Gasteiger partial charge in [-0.15, -0.1) is 11.3 Å². The molecule has 0 atom stereocenters. The summed E-state index contributed by atoms with van der Waals surface area (Å²) >= 11 is 1.25. The third-order valence-electron chi connectivity index (χ3n) is 4.90. The molecule has 7 nitrogen and oxygen atoms in total. The molecule has 1 aromatic heterocycles. The number of thiophene rings is 1. The van der Waals surface area contributed by atoms with Crippen LogP contribution in [0.15, 0.2) is 71.5 Å². The molecule has 1 heterocycles. The molecule has 0 saturated carbocycles. The van der Waals surface area contributed by atoms with Gasteiger partial charge in [0.1, 0.15) is 11.1 Å².